The van der Waals surface area contributed by atoms with Crippen LogP contribution < -0.4 is 0 Å². The molecule has 2 aromatic rings. The van der Waals surface area contributed by atoms with Crippen LogP contribution in [0.15, 0.2) is 30.5 Å². The summed E-state index contributed by atoms with van der Waals surface area (Å²) in [5.74, 6) is 0.154. The highest BCUT2D eigenvalue weighted by molar-refractivity contribution is 5.98. The number of aromatic amines is 1. The van der Waals surface area contributed by atoms with Gasteiger partial charge in [0.1, 0.15) is 0 Å². The third-order valence-corrected chi connectivity index (χ3v) is 4.58. The molecule has 0 spiro atoms. The Bertz CT molecular complexity index is 630. The zero-order valence-corrected chi connectivity index (χ0v) is 12.8. The van der Waals surface area contributed by atoms with Gasteiger partial charge in [0, 0.05) is 36.4 Å². The molecule has 1 saturated heterocycles. The highest BCUT2D eigenvalue weighted by Crippen LogP contribution is 2.20. The number of likely N-dealkylation sites (N-methyl/N-ethyl adjacent to an activating group) is 1. The molecule has 1 aliphatic rings. The van der Waals surface area contributed by atoms with Crippen molar-refractivity contribution in [1.29, 1.82) is 0 Å². The third kappa shape index (κ3) is 2.68. The average molecular weight is 285 g/mol. The van der Waals surface area contributed by atoms with Crippen molar-refractivity contribution in [1.82, 2.24) is 14.8 Å². The Morgan fingerprint density at radius 2 is 2.14 bits per heavy atom. The van der Waals surface area contributed by atoms with Crippen LogP contribution in [0.2, 0.25) is 0 Å². The second-order valence-corrected chi connectivity index (χ2v) is 5.69. The summed E-state index contributed by atoms with van der Waals surface area (Å²) in [5, 5.41) is 1.15. The summed E-state index contributed by atoms with van der Waals surface area (Å²) < 4.78 is 0. The largest absolute Gasteiger partial charge is 0.361 e. The van der Waals surface area contributed by atoms with Crippen LogP contribution in [0.4, 0.5) is 0 Å². The first-order valence-corrected chi connectivity index (χ1v) is 7.83. The van der Waals surface area contributed by atoms with Crippen molar-refractivity contribution < 1.29 is 4.79 Å². The molecule has 21 heavy (non-hydrogen) atoms. The summed E-state index contributed by atoms with van der Waals surface area (Å²) in [5.41, 5.74) is 1.81. The Hall–Kier alpha value is -1.81. The van der Waals surface area contributed by atoms with E-state index in [9.17, 15) is 4.79 Å². The monoisotopic (exact) mass is 285 g/mol. The van der Waals surface area contributed by atoms with E-state index in [1.54, 1.807) is 0 Å². The number of H-pyrrole nitrogens is 1. The second kappa shape index (κ2) is 5.90. The Morgan fingerprint density at radius 3 is 2.90 bits per heavy atom. The van der Waals surface area contributed by atoms with Crippen LogP contribution in [-0.2, 0) is 0 Å². The van der Waals surface area contributed by atoms with Gasteiger partial charge in [0.05, 0.1) is 0 Å². The van der Waals surface area contributed by atoms with Crippen molar-refractivity contribution in [2.45, 2.75) is 26.3 Å². The zero-order valence-electron chi connectivity index (χ0n) is 12.8. The van der Waals surface area contributed by atoms with Gasteiger partial charge in [0.2, 0.25) is 0 Å². The molecular weight excluding hydrogens is 262 g/mol. The number of nitrogens with zero attached hydrogens (tertiary/aromatic N) is 2. The fourth-order valence-corrected chi connectivity index (χ4v) is 3.33. The topological polar surface area (TPSA) is 39.3 Å². The molecular formula is C17H23N3O. The van der Waals surface area contributed by atoms with E-state index in [0.717, 1.165) is 49.1 Å². The van der Waals surface area contributed by atoms with Crippen molar-refractivity contribution in [2.75, 3.05) is 26.2 Å². The van der Waals surface area contributed by atoms with Gasteiger partial charge < -0.3 is 9.88 Å². The smallest absolute Gasteiger partial charge is 0.253 e. The fraction of sp³-hybridized carbons (Fsp3) is 0.471. The molecule has 112 valence electrons. The van der Waals surface area contributed by atoms with E-state index >= 15 is 0 Å². The molecule has 1 unspecified atom stereocenters. The molecule has 4 nitrogen and oxygen atoms in total. The Morgan fingerprint density at radius 1 is 1.33 bits per heavy atom. The van der Waals surface area contributed by atoms with Gasteiger partial charge in [0.25, 0.3) is 5.91 Å². The summed E-state index contributed by atoms with van der Waals surface area (Å²) in [6.07, 6.45) is 2.99. The minimum atomic E-state index is 0.154. The maximum atomic E-state index is 12.7. The number of likely N-dealkylation sites (tertiary alicyclic amines) is 1. The highest BCUT2D eigenvalue weighted by Gasteiger charge is 2.29. The lowest BCUT2D eigenvalue weighted by Crippen LogP contribution is -2.38. The van der Waals surface area contributed by atoms with E-state index in [-0.39, 0.29) is 5.91 Å². The number of carbonyl (C=O) groups excluding carboxylic acids is 1. The lowest BCUT2D eigenvalue weighted by Gasteiger charge is -2.26. The number of nitrogens with one attached hydrogen (secondary N) is 1. The lowest BCUT2D eigenvalue weighted by molar-refractivity contribution is 0.0778. The van der Waals surface area contributed by atoms with Crippen molar-refractivity contribution in [3.63, 3.8) is 0 Å². The van der Waals surface area contributed by atoms with Crippen LogP contribution in [-0.4, -0.2) is 52.9 Å². The number of hydrogen-bond acceptors (Lipinski definition) is 2. The molecule has 1 amide bonds. The lowest BCUT2D eigenvalue weighted by atomic mass is 10.1. The van der Waals surface area contributed by atoms with Crippen molar-refractivity contribution in [3.8, 4) is 0 Å². The molecule has 0 saturated carbocycles. The van der Waals surface area contributed by atoms with Crippen molar-refractivity contribution in [3.05, 3.63) is 36.0 Å². The van der Waals surface area contributed by atoms with Gasteiger partial charge in [0.15, 0.2) is 0 Å². The van der Waals surface area contributed by atoms with Crippen LogP contribution >= 0.6 is 0 Å². The van der Waals surface area contributed by atoms with E-state index in [0.29, 0.717) is 6.04 Å². The number of benzene rings is 1. The molecule has 0 bridgehead atoms. The number of carbonyl (C=O) groups is 1. The molecule has 1 fully saturated rings. The van der Waals surface area contributed by atoms with Crippen LogP contribution in [0.3, 0.4) is 0 Å². The fourth-order valence-electron chi connectivity index (χ4n) is 3.33. The molecule has 1 aliphatic heterocycles. The molecule has 1 aromatic heterocycles. The van der Waals surface area contributed by atoms with Gasteiger partial charge in [-0.15, -0.1) is 0 Å². The number of aromatic nitrogens is 1. The molecule has 1 atom stereocenters. The first-order chi connectivity index (χ1) is 10.2. The standard InChI is InChI=1S/C17H23N3O/c1-3-19(4-2)15-8-10-20(12-15)17(21)14-6-5-13-7-9-18-16(13)11-14/h5-7,9,11,15,18H,3-4,8,10,12H2,1-2H3. The molecule has 1 aromatic carbocycles. The van der Waals surface area contributed by atoms with Gasteiger partial charge in [-0.1, -0.05) is 19.9 Å². The minimum Gasteiger partial charge on any atom is -0.361 e. The van der Waals surface area contributed by atoms with Crippen LogP contribution in [0, 0.1) is 0 Å². The molecule has 2 heterocycles. The van der Waals surface area contributed by atoms with Gasteiger partial charge >= 0.3 is 0 Å². The van der Waals surface area contributed by atoms with E-state index in [4.69, 9.17) is 0 Å². The number of hydrogen-bond donors (Lipinski definition) is 1. The van der Waals surface area contributed by atoms with Gasteiger partial charge in [-0.25, -0.2) is 0 Å². The number of fused-ring (bicyclic) bond motifs is 1. The zero-order chi connectivity index (χ0) is 14.8. The molecule has 1 N–H and O–H groups in total. The van der Waals surface area contributed by atoms with E-state index in [2.05, 4.69) is 23.7 Å². The van der Waals surface area contributed by atoms with Crippen LogP contribution in [0.1, 0.15) is 30.6 Å². The first kappa shape index (κ1) is 14.1. The summed E-state index contributed by atoms with van der Waals surface area (Å²) in [4.78, 5) is 20.3. The summed E-state index contributed by atoms with van der Waals surface area (Å²) in [6.45, 7) is 8.20. The Labute approximate surface area is 125 Å². The minimum absolute atomic E-state index is 0.154. The van der Waals surface area contributed by atoms with E-state index in [1.807, 2.05) is 35.4 Å². The Kier molecular flexibility index (Phi) is 3.97. The summed E-state index contributed by atoms with van der Waals surface area (Å²) in [7, 11) is 0. The van der Waals surface area contributed by atoms with Gasteiger partial charge in [-0.2, -0.15) is 0 Å². The second-order valence-electron chi connectivity index (χ2n) is 5.69. The predicted molar refractivity (Wildman–Crippen MR) is 85.5 cm³/mol. The molecule has 0 radical (unpaired) electrons. The van der Waals surface area contributed by atoms with Crippen LogP contribution in [0.5, 0.6) is 0 Å². The molecule has 3 rings (SSSR count). The van der Waals surface area contributed by atoms with Crippen LogP contribution in [0.25, 0.3) is 10.9 Å². The average Bonchev–Trinajstić information content (AvgIpc) is 3.16. The summed E-state index contributed by atoms with van der Waals surface area (Å²) >= 11 is 0. The number of amides is 1. The quantitative estimate of drug-likeness (QED) is 0.938. The first-order valence-electron chi connectivity index (χ1n) is 7.83. The predicted octanol–water partition coefficient (Wildman–Crippen LogP) is 2.72. The van der Waals surface area contributed by atoms with Crippen molar-refractivity contribution in [2.24, 2.45) is 0 Å². The third-order valence-electron chi connectivity index (χ3n) is 4.58. The highest BCUT2D eigenvalue weighted by atomic mass is 16.2. The molecule has 0 aliphatic carbocycles. The number of rotatable bonds is 4. The maximum Gasteiger partial charge on any atom is 0.253 e. The Balaban J connectivity index is 1.73. The van der Waals surface area contributed by atoms with Gasteiger partial charge in [-0.05, 0) is 43.1 Å². The van der Waals surface area contributed by atoms with E-state index < -0.39 is 0 Å². The van der Waals surface area contributed by atoms with Crippen molar-refractivity contribution >= 4 is 16.8 Å². The maximum absolute atomic E-state index is 12.7. The SMILES string of the molecule is CCN(CC)C1CCN(C(=O)c2ccc3cc[nH]c3c2)C1. The summed E-state index contributed by atoms with van der Waals surface area (Å²) in [6, 6.07) is 8.44. The van der Waals surface area contributed by atoms with E-state index in [1.165, 1.54) is 0 Å². The molecule has 4 heteroatoms. The normalized spacial score (nSPS) is 18.8. The van der Waals surface area contributed by atoms with Gasteiger partial charge in [-0.3, -0.25) is 9.69 Å².